The highest BCUT2D eigenvalue weighted by Crippen LogP contribution is 2.37. The Bertz CT molecular complexity index is 160. The lowest BCUT2D eigenvalue weighted by Gasteiger charge is -2.37. The molecule has 0 N–H and O–H groups in total. The van der Waals surface area contributed by atoms with Crippen LogP contribution in [0.15, 0.2) is 0 Å². The summed E-state index contributed by atoms with van der Waals surface area (Å²) in [5.41, 5.74) is 0. The van der Waals surface area contributed by atoms with E-state index in [1.165, 1.54) is 0 Å². The molecule has 72 valence electrons. The predicted octanol–water partition coefficient (Wildman–Crippen LogP) is 3.40. The smallest absolute Gasteiger partial charge is 0.192 e. The van der Waals surface area contributed by atoms with Gasteiger partial charge >= 0.3 is 0 Å². The van der Waals surface area contributed by atoms with Gasteiger partial charge in [0, 0.05) is 5.37 Å². The standard InChI is InChI=1S/C9H20OSSi/c1-8(7-11)10-12(5,6)9(2,3)4/h7-8H,1-6H3. The Morgan fingerprint density at radius 2 is 1.75 bits per heavy atom. The Morgan fingerprint density at radius 1 is 1.33 bits per heavy atom. The largest absolute Gasteiger partial charge is 0.410 e. The molecule has 0 heterocycles. The first kappa shape index (κ1) is 12.3. The first-order chi connectivity index (χ1) is 5.20. The second-order valence-corrected chi connectivity index (χ2v) is 9.75. The van der Waals surface area contributed by atoms with Gasteiger partial charge in [0.25, 0.3) is 0 Å². The van der Waals surface area contributed by atoms with Crippen LogP contribution >= 0.6 is 12.2 Å². The highest BCUT2D eigenvalue weighted by molar-refractivity contribution is 7.79. The van der Waals surface area contributed by atoms with Crippen molar-refractivity contribution in [1.29, 1.82) is 0 Å². The molecule has 12 heavy (non-hydrogen) atoms. The molecule has 0 saturated carbocycles. The topological polar surface area (TPSA) is 9.23 Å². The van der Waals surface area contributed by atoms with E-state index in [0.29, 0.717) is 0 Å². The van der Waals surface area contributed by atoms with Crippen molar-refractivity contribution in [2.75, 3.05) is 0 Å². The second-order valence-electron chi connectivity index (χ2n) is 4.72. The summed E-state index contributed by atoms with van der Waals surface area (Å²) in [6, 6.07) is 0. The van der Waals surface area contributed by atoms with E-state index >= 15 is 0 Å². The molecule has 0 amide bonds. The molecule has 0 aromatic carbocycles. The molecular weight excluding hydrogens is 184 g/mol. The van der Waals surface area contributed by atoms with Gasteiger partial charge in [-0.25, -0.2) is 0 Å². The third-order valence-electron chi connectivity index (χ3n) is 2.48. The Balaban J connectivity index is 4.32. The van der Waals surface area contributed by atoms with E-state index in [0.717, 1.165) is 0 Å². The van der Waals surface area contributed by atoms with Crippen molar-refractivity contribution in [2.45, 2.75) is 51.9 Å². The van der Waals surface area contributed by atoms with Crippen molar-refractivity contribution in [2.24, 2.45) is 0 Å². The van der Waals surface area contributed by atoms with E-state index < -0.39 is 8.32 Å². The van der Waals surface area contributed by atoms with E-state index in [9.17, 15) is 0 Å². The first-order valence-electron chi connectivity index (χ1n) is 4.34. The minimum Gasteiger partial charge on any atom is -0.410 e. The van der Waals surface area contributed by atoms with Crippen molar-refractivity contribution >= 4 is 25.9 Å². The third kappa shape index (κ3) is 3.33. The maximum Gasteiger partial charge on any atom is 0.192 e. The number of hydrogen-bond donors (Lipinski definition) is 0. The molecule has 0 aliphatic carbocycles. The molecule has 0 aromatic heterocycles. The lowest BCUT2D eigenvalue weighted by molar-refractivity contribution is 0.265. The van der Waals surface area contributed by atoms with Crippen LogP contribution in [-0.2, 0) is 4.43 Å². The van der Waals surface area contributed by atoms with Crippen LogP contribution in [0.5, 0.6) is 0 Å². The summed E-state index contributed by atoms with van der Waals surface area (Å²) in [6.45, 7) is 13.2. The fourth-order valence-electron chi connectivity index (χ4n) is 0.669. The van der Waals surface area contributed by atoms with Gasteiger partial charge in [0.05, 0.1) is 6.10 Å². The molecule has 0 bridgehead atoms. The highest BCUT2D eigenvalue weighted by atomic mass is 32.1. The summed E-state index contributed by atoms with van der Waals surface area (Å²) in [6.07, 6.45) is 0.112. The molecule has 0 rings (SSSR count). The molecule has 3 heteroatoms. The van der Waals surface area contributed by atoms with Crippen LogP contribution in [0.3, 0.4) is 0 Å². The summed E-state index contributed by atoms with van der Waals surface area (Å²) >= 11 is 4.84. The van der Waals surface area contributed by atoms with E-state index in [4.69, 9.17) is 16.6 Å². The zero-order valence-corrected chi connectivity index (χ0v) is 10.8. The minimum absolute atomic E-state index is 0.112. The Hall–Kier alpha value is 0.267. The van der Waals surface area contributed by atoms with Gasteiger partial charge in [-0.2, -0.15) is 0 Å². The monoisotopic (exact) mass is 204 g/mol. The molecular formula is C9H20OSSi. The SMILES string of the molecule is CC(C=S)O[Si](C)(C)C(C)(C)C. The van der Waals surface area contributed by atoms with Crippen LogP contribution in [-0.4, -0.2) is 19.8 Å². The molecule has 1 atom stereocenters. The summed E-state index contributed by atoms with van der Waals surface area (Å²) < 4.78 is 5.93. The quantitative estimate of drug-likeness (QED) is 0.515. The molecule has 0 aromatic rings. The normalized spacial score (nSPS) is 15.8. The molecule has 0 aliphatic heterocycles. The Labute approximate surface area is 82.6 Å². The average Bonchev–Trinajstić information content (AvgIpc) is 1.84. The number of hydrogen-bond acceptors (Lipinski definition) is 2. The molecule has 1 nitrogen and oxygen atoms in total. The van der Waals surface area contributed by atoms with Gasteiger partial charge in [-0.1, -0.05) is 33.0 Å². The van der Waals surface area contributed by atoms with Crippen molar-refractivity contribution < 1.29 is 4.43 Å². The fourth-order valence-corrected chi connectivity index (χ4v) is 2.17. The third-order valence-corrected chi connectivity index (χ3v) is 7.44. The summed E-state index contributed by atoms with van der Waals surface area (Å²) in [5, 5.41) is 1.97. The lowest BCUT2D eigenvalue weighted by Crippen LogP contribution is -2.43. The summed E-state index contributed by atoms with van der Waals surface area (Å²) in [4.78, 5) is 0. The van der Waals surface area contributed by atoms with Crippen LogP contribution in [0.1, 0.15) is 27.7 Å². The van der Waals surface area contributed by atoms with Crippen LogP contribution < -0.4 is 0 Å². The Morgan fingerprint density at radius 3 is 2.00 bits per heavy atom. The van der Waals surface area contributed by atoms with Crippen LogP contribution in [0.4, 0.5) is 0 Å². The van der Waals surface area contributed by atoms with Gasteiger partial charge in [0.2, 0.25) is 0 Å². The minimum atomic E-state index is -1.59. The zero-order chi connectivity index (χ0) is 9.99. The molecule has 0 spiro atoms. The number of thiocarbonyl (C=S) groups is 1. The van der Waals surface area contributed by atoms with Gasteiger partial charge in [0.15, 0.2) is 8.32 Å². The Kier molecular flexibility index (Phi) is 4.07. The second kappa shape index (κ2) is 3.98. The van der Waals surface area contributed by atoms with Crippen LogP contribution in [0.25, 0.3) is 0 Å². The van der Waals surface area contributed by atoms with Crippen molar-refractivity contribution in [1.82, 2.24) is 0 Å². The number of rotatable bonds is 3. The van der Waals surface area contributed by atoms with Crippen LogP contribution in [0, 0.1) is 0 Å². The fraction of sp³-hybridized carbons (Fsp3) is 0.889. The van der Waals surface area contributed by atoms with E-state index in [1.807, 2.05) is 6.92 Å². The first-order valence-corrected chi connectivity index (χ1v) is 7.72. The maximum atomic E-state index is 5.93. The van der Waals surface area contributed by atoms with Crippen molar-refractivity contribution in [3.05, 3.63) is 0 Å². The van der Waals surface area contributed by atoms with Crippen molar-refractivity contribution in [3.63, 3.8) is 0 Å². The predicted molar refractivity (Wildman–Crippen MR) is 61.4 cm³/mol. The van der Waals surface area contributed by atoms with E-state index in [-0.39, 0.29) is 11.1 Å². The molecule has 1 unspecified atom stereocenters. The zero-order valence-electron chi connectivity index (χ0n) is 8.97. The van der Waals surface area contributed by atoms with Gasteiger partial charge in [-0.15, -0.1) is 0 Å². The summed E-state index contributed by atoms with van der Waals surface area (Å²) in [7, 11) is -1.59. The molecule has 0 aliphatic rings. The van der Waals surface area contributed by atoms with Gasteiger partial charge in [0.1, 0.15) is 0 Å². The van der Waals surface area contributed by atoms with Gasteiger partial charge < -0.3 is 4.43 Å². The maximum absolute atomic E-state index is 5.93. The molecule has 0 radical (unpaired) electrons. The van der Waals surface area contributed by atoms with Gasteiger partial charge in [-0.05, 0) is 25.1 Å². The average molecular weight is 204 g/mol. The van der Waals surface area contributed by atoms with Crippen LogP contribution in [0.2, 0.25) is 18.1 Å². The summed E-state index contributed by atoms with van der Waals surface area (Å²) in [5.74, 6) is 0. The van der Waals surface area contributed by atoms with Crippen molar-refractivity contribution in [3.8, 4) is 0 Å². The molecule has 0 saturated heterocycles. The molecule has 0 fully saturated rings. The highest BCUT2D eigenvalue weighted by Gasteiger charge is 2.37. The lowest BCUT2D eigenvalue weighted by atomic mass is 10.2. The van der Waals surface area contributed by atoms with E-state index in [1.54, 1.807) is 5.37 Å². The van der Waals surface area contributed by atoms with Gasteiger partial charge in [-0.3, -0.25) is 0 Å². The van der Waals surface area contributed by atoms with E-state index in [2.05, 4.69) is 33.9 Å².